The number of thiophene rings is 1. The minimum atomic E-state index is -0.919. The summed E-state index contributed by atoms with van der Waals surface area (Å²) < 4.78 is 19.6. The molecule has 2 aromatic heterocycles. The third-order valence-corrected chi connectivity index (χ3v) is 7.04. The van der Waals surface area contributed by atoms with E-state index in [-0.39, 0.29) is 10.7 Å². The zero-order valence-electron chi connectivity index (χ0n) is 16.6. The molecule has 0 fully saturated rings. The Hall–Kier alpha value is -3.56. The van der Waals surface area contributed by atoms with E-state index in [0.717, 1.165) is 11.3 Å². The van der Waals surface area contributed by atoms with Crippen molar-refractivity contribution in [2.45, 2.75) is 6.04 Å². The quantitative estimate of drug-likeness (QED) is 0.405. The van der Waals surface area contributed by atoms with Gasteiger partial charge in [-0.3, -0.25) is 14.5 Å². The monoisotopic (exact) mass is 466 g/mol. The van der Waals surface area contributed by atoms with Crippen molar-refractivity contribution in [1.29, 1.82) is 0 Å². The summed E-state index contributed by atoms with van der Waals surface area (Å²) >= 11 is 2.33. The zero-order valence-corrected chi connectivity index (χ0v) is 18.2. The molecule has 6 nitrogen and oxygen atoms in total. The van der Waals surface area contributed by atoms with Crippen LogP contribution in [0.3, 0.4) is 0 Å². The first-order valence-corrected chi connectivity index (χ1v) is 11.2. The molecule has 160 valence electrons. The van der Waals surface area contributed by atoms with Gasteiger partial charge in [0.25, 0.3) is 5.91 Å². The Balaban J connectivity index is 1.69. The van der Waals surface area contributed by atoms with Gasteiger partial charge in [-0.2, -0.15) is 0 Å². The number of ketones is 1. The van der Waals surface area contributed by atoms with E-state index in [2.05, 4.69) is 4.98 Å². The lowest BCUT2D eigenvalue weighted by Crippen LogP contribution is -2.30. The topological polar surface area (TPSA) is 79.7 Å². The number of nitrogens with zero attached hydrogens (tertiary/aromatic N) is 2. The van der Waals surface area contributed by atoms with Gasteiger partial charge in [0.1, 0.15) is 11.6 Å². The van der Waals surface area contributed by atoms with Crippen molar-refractivity contribution in [2.24, 2.45) is 0 Å². The number of ether oxygens (including phenoxy) is 1. The lowest BCUT2D eigenvalue weighted by atomic mass is 9.95. The minimum absolute atomic E-state index is 0.0314. The van der Waals surface area contributed by atoms with E-state index in [9.17, 15) is 19.1 Å². The number of anilines is 1. The molecule has 0 saturated heterocycles. The van der Waals surface area contributed by atoms with Crippen LogP contribution in [-0.2, 0) is 4.79 Å². The SMILES string of the molecule is COc1cccc([C@@H]2C(C(=O)c3cccs3)=C(O)C(=O)N2c2nc3ccc(F)cc3s2)c1. The number of rotatable bonds is 5. The summed E-state index contributed by atoms with van der Waals surface area (Å²) in [6.07, 6.45) is 0. The minimum Gasteiger partial charge on any atom is -0.503 e. The first kappa shape index (κ1) is 20.3. The largest absolute Gasteiger partial charge is 0.503 e. The van der Waals surface area contributed by atoms with Crippen molar-refractivity contribution in [3.63, 3.8) is 0 Å². The Labute approximate surface area is 189 Å². The molecule has 0 spiro atoms. The Bertz CT molecular complexity index is 1390. The molecule has 0 bridgehead atoms. The number of hydrogen-bond donors (Lipinski definition) is 1. The lowest BCUT2D eigenvalue weighted by molar-refractivity contribution is -0.117. The fourth-order valence-corrected chi connectivity index (χ4v) is 5.39. The molecule has 0 unspecified atom stereocenters. The van der Waals surface area contributed by atoms with Gasteiger partial charge in [0.2, 0.25) is 5.78 Å². The Morgan fingerprint density at radius 1 is 1.19 bits per heavy atom. The predicted molar refractivity (Wildman–Crippen MR) is 121 cm³/mol. The summed E-state index contributed by atoms with van der Waals surface area (Å²) in [7, 11) is 1.52. The van der Waals surface area contributed by atoms with Crippen LogP contribution < -0.4 is 9.64 Å². The van der Waals surface area contributed by atoms with Crippen molar-refractivity contribution >= 4 is 49.7 Å². The molecule has 1 aliphatic heterocycles. The average Bonchev–Trinajstić information content (AvgIpc) is 3.52. The number of aromatic nitrogens is 1. The summed E-state index contributed by atoms with van der Waals surface area (Å²) in [5, 5.41) is 12.8. The average molecular weight is 467 g/mol. The van der Waals surface area contributed by atoms with Crippen LogP contribution in [0.4, 0.5) is 9.52 Å². The highest BCUT2D eigenvalue weighted by Crippen LogP contribution is 2.45. The number of fused-ring (bicyclic) bond motifs is 1. The maximum atomic E-state index is 13.7. The predicted octanol–water partition coefficient (Wildman–Crippen LogP) is 5.29. The van der Waals surface area contributed by atoms with Crippen LogP contribution >= 0.6 is 22.7 Å². The van der Waals surface area contributed by atoms with E-state index in [1.165, 1.54) is 41.5 Å². The van der Waals surface area contributed by atoms with Gasteiger partial charge in [0.15, 0.2) is 10.9 Å². The number of thiazole rings is 1. The normalized spacial score (nSPS) is 16.2. The van der Waals surface area contributed by atoms with Crippen molar-refractivity contribution in [3.05, 3.63) is 87.6 Å². The molecule has 0 aliphatic carbocycles. The van der Waals surface area contributed by atoms with Crippen LogP contribution in [0.1, 0.15) is 21.3 Å². The van der Waals surface area contributed by atoms with Gasteiger partial charge in [-0.15, -0.1) is 11.3 Å². The highest BCUT2D eigenvalue weighted by molar-refractivity contribution is 7.22. The van der Waals surface area contributed by atoms with E-state index >= 15 is 0 Å². The number of carbonyl (C=O) groups excluding carboxylic acids is 2. The molecule has 9 heteroatoms. The van der Waals surface area contributed by atoms with E-state index < -0.39 is 29.3 Å². The molecule has 0 radical (unpaired) electrons. The van der Waals surface area contributed by atoms with Gasteiger partial charge in [0.05, 0.1) is 33.8 Å². The number of benzene rings is 2. The van der Waals surface area contributed by atoms with Crippen LogP contribution in [0.25, 0.3) is 10.2 Å². The molecule has 3 heterocycles. The molecule has 1 N–H and O–H groups in total. The van der Waals surface area contributed by atoms with Crippen LogP contribution in [0.2, 0.25) is 0 Å². The van der Waals surface area contributed by atoms with Gasteiger partial charge in [-0.25, -0.2) is 9.37 Å². The number of amides is 1. The maximum absolute atomic E-state index is 13.7. The number of methoxy groups -OCH3 is 1. The lowest BCUT2D eigenvalue weighted by Gasteiger charge is -2.24. The number of Topliss-reactive ketones (excluding diaryl/α,β-unsaturated/α-hetero) is 1. The molecule has 2 aromatic carbocycles. The van der Waals surface area contributed by atoms with Gasteiger partial charge in [0, 0.05) is 0 Å². The third kappa shape index (κ3) is 3.26. The van der Waals surface area contributed by atoms with Crippen LogP contribution in [0, 0.1) is 5.82 Å². The first-order chi connectivity index (χ1) is 15.5. The van der Waals surface area contributed by atoms with E-state index in [1.807, 2.05) is 0 Å². The Morgan fingerprint density at radius 2 is 2.03 bits per heavy atom. The van der Waals surface area contributed by atoms with E-state index in [4.69, 9.17) is 4.74 Å². The second-order valence-corrected chi connectivity index (χ2v) is 8.99. The van der Waals surface area contributed by atoms with Crippen molar-refractivity contribution in [2.75, 3.05) is 12.0 Å². The fourth-order valence-electron chi connectivity index (χ4n) is 3.69. The molecule has 1 atom stereocenters. The molecule has 32 heavy (non-hydrogen) atoms. The number of carbonyl (C=O) groups is 2. The highest BCUT2D eigenvalue weighted by atomic mass is 32.1. The van der Waals surface area contributed by atoms with Gasteiger partial charge in [-0.1, -0.05) is 29.5 Å². The molecular weight excluding hydrogens is 451 g/mol. The summed E-state index contributed by atoms with van der Waals surface area (Å²) in [5.74, 6) is -1.68. The number of aliphatic hydroxyl groups is 1. The van der Waals surface area contributed by atoms with Gasteiger partial charge >= 0.3 is 0 Å². The van der Waals surface area contributed by atoms with Crippen molar-refractivity contribution in [3.8, 4) is 5.75 Å². The standard InChI is InChI=1S/C23H15FN2O4S2/c1-30-14-5-2-4-12(10-14)19-18(20(27)16-6-3-9-31-16)21(28)22(29)26(19)23-25-15-8-7-13(24)11-17(15)32-23/h2-11,19,28H,1H3/t19-/m1/s1. The summed E-state index contributed by atoms with van der Waals surface area (Å²) in [6, 6.07) is 13.5. The molecule has 0 saturated carbocycles. The molecule has 1 aliphatic rings. The van der Waals surface area contributed by atoms with Crippen molar-refractivity contribution < 1.29 is 23.8 Å². The first-order valence-electron chi connectivity index (χ1n) is 9.53. The van der Waals surface area contributed by atoms with Gasteiger partial charge in [-0.05, 0) is 47.3 Å². The molecule has 4 aromatic rings. The number of aliphatic hydroxyl groups excluding tert-OH is 1. The zero-order chi connectivity index (χ0) is 22.4. The van der Waals surface area contributed by atoms with Crippen LogP contribution in [-0.4, -0.2) is 28.9 Å². The molecule has 1 amide bonds. The summed E-state index contributed by atoms with van der Waals surface area (Å²) in [6.45, 7) is 0. The third-order valence-electron chi connectivity index (χ3n) is 5.15. The van der Waals surface area contributed by atoms with Crippen LogP contribution in [0.5, 0.6) is 5.75 Å². The Kier molecular flexibility index (Phi) is 4.99. The number of hydrogen-bond acceptors (Lipinski definition) is 7. The molecular formula is C23H15FN2O4S2. The smallest absolute Gasteiger partial charge is 0.296 e. The van der Waals surface area contributed by atoms with Gasteiger partial charge < -0.3 is 9.84 Å². The summed E-state index contributed by atoms with van der Waals surface area (Å²) in [4.78, 5) is 32.7. The summed E-state index contributed by atoms with van der Waals surface area (Å²) in [5.41, 5.74) is 1.06. The molecule has 5 rings (SSSR count). The maximum Gasteiger partial charge on any atom is 0.296 e. The number of halogens is 1. The second-order valence-electron chi connectivity index (χ2n) is 7.03. The van der Waals surface area contributed by atoms with Crippen LogP contribution in [0.15, 0.2) is 71.3 Å². The highest BCUT2D eigenvalue weighted by Gasteiger charge is 2.46. The second kappa shape index (κ2) is 7.85. The fraction of sp³-hybridized carbons (Fsp3) is 0.0870. The Morgan fingerprint density at radius 3 is 2.78 bits per heavy atom. The van der Waals surface area contributed by atoms with E-state index in [0.29, 0.717) is 26.4 Å². The van der Waals surface area contributed by atoms with E-state index in [1.54, 1.807) is 41.8 Å². The van der Waals surface area contributed by atoms with Crippen molar-refractivity contribution in [1.82, 2.24) is 4.98 Å².